The van der Waals surface area contributed by atoms with Crippen molar-refractivity contribution in [1.29, 1.82) is 0 Å². The van der Waals surface area contributed by atoms with E-state index in [-0.39, 0.29) is 0 Å². The van der Waals surface area contributed by atoms with E-state index in [1.807, 2.05) is 29.0 Å². The van der Waals surface area contributed by atoms with Gasteiger partial charge < -0.3 is 9.64 Å². The molecule has 3 heterocycles. The highest BCUT2D eigenvalue weighted by Crippen LogP contribution is 2.22. The largest absolute Gasteiger partial charge is 0.494 e. The van der Waals surface area contributed by atoms with Gasteiger partial charge in [0.25, 0.3) is 5.78 Å². The predicted molar refractivity (Wildman–Crippen MR) is 107 cm³/mol. The zero-order valence-electron chi connectivity index (χ0n) is 16.1. The number of nitrogens with one attached hydrogen (secondary N) is 1. The number of rotatable bonds is 5. The third-order valence-electron chi connectivity index (χ3n) is 5.30. The van der Waals surface area contributed by atoms with Gasteiger partial charge in [0.15, 0.2) is 6.67 Å². The molecule has 0 spiro atoms. The molecule has 142 valence electrons. The van der Waals surface area contributed by atoms with Gasteiger partial charge in [0, 0.05) is 29.8 Å². The lowest BCUT2D eigenvalue weighted by molar-refractivity contribution is -0.941. The topological polar surface area (TPSA) is 48.8 Å². The van der Waals surface area contributed by atoms with Crippen molar-refractivity contribution in [2.75, 3.05) is 13.2 Å². The summed E-state index contributed by atoms with van der Waals surface area (Å²) in [5, 5.41) is 4.69. The number of quaternary nitrogens is 1. The molecule has 7 heteroatoms. The smallest absolute Gasteiger partial charge is 0.254 e. The van der Waals surface area contributed by atoms with Crippen LogP contribution < -0.4 is 9.64 Å². The van der Waals surface area contributed by atoms with Crippen LogP contribution in [0.5, 0.6) is 5.75 Å². The summed E-state index contributed by atoms with van der Waals surface area (Å²) >= 11 is 5.69. The van der Waals surface area contributed by atoms with Gasteiger partial charge in [0.05, 0.1) is 13.2 Å². The summed E-state index contributed by atoms with van der Waals surface area (Å²) in [6.45, 7) is 8.63. The number of aromatic nitrogens is 4. The number of fused-ring (bicyclic) bond motifs is 1. The zero-order valence-corrected chi connectivity index (χ0v) is 16.9. The van der Waals surface area contributed by atoms with Crippen molar-refractivity contribution in [1.82, 2.24) is 19.2 Å². The molecule has 1 unspecified atom stereocenters. The summed E-state index contributed by atoms with van der Waals surface area (Å²) in [4.78, 5) is 6.03. The number of aryl methyl sites for hydroxylation is 2. The Morgan fingerprint density at radius 1 is 1.26 bits per heavy atom. The minimum atomic E-state index is 0.461. The molecule has 1 aromatic carbocycles. The second kappa shape index (κ2) is 7.40. The molecule has 0 amide bonds. The molecule has 2 atom stereocenters. The fourth-order valence-electron chi connectivity index (χ4n) is 4.10. The third-order valence-corrected chi connectivity index (χ3v) is 5.69. The van der Waals surface area contributed by atoms with Crippen LogP contribution in [0.25, 0.3) is 5.78 Å². The highest BCUT2D eigenvalue weighted by Gasteiger charge is 2.30. The van der Waals surface area contributed by atoms with Crippen LogP contribution in [0.15, 0.2) is 30.3 Å². The Kier molecular flexibility index (Phi) is 4.97. The summed E-state index contributed by atoms with van der Waals surface area (Å²) in [7, 11) is 0. The summed E-state index contributed by atoms with van der Waals surface area (Å²) in [5.74, 6) is 1.62. The lowest BCUT2D eigenvalue weighted by Gasteiger charge is -2.21. The lowest BCUT2D eigenvalue weighted by atomic mass is 10.0. The lowest BCUT2D eigenvalue weighted by Crippen LogP contribution is -3.09. The molecule has 1 aliphatic heterocycles. The van der Waals surface area contributed by atoms with E-state index in [0.29, 0.717) is 18.4 Å². The number of likely N-dealkylation sites (tertiary alicyclic amines) is 1. The van der Waals surface area contributed by atoms with Crippen LogP contribution in [0, 0.1) is 18.6 Å². The monoisotopic (exact) mass is 384 g/mol. The van der Waals surface area contributed by atoms with E-state index < -0.39 is 0 Å². The molecule has 0 aliphatic carbocycles. The number of benzene rings is 1. The number of hydrogen-bond acceptors (Lipinski definition) is 4. The van der Waals surface area contributed by atoms with Gasteiger partial charge in [-0.3, -0.25) is 4.40 Å². The third kappa shape index (κ3) is 3.49. The van der Waals surface area contributed by atoms with Gasteiger partial charge >= 0.3 is 0 Å². The second-order valence-corrected chi connectivity index (χ2v) is 7.58. The summed E-state index contributed by atoms with van der Waals surface area (Å²) in [6.07, 6.45) is 2.39. The van der Waals surface area contributed by atoms with Crippen LogP contribution in [-0.2, 0) is 6.67 Å². The summed E-state index contributed by atoms with van der Waals surface area (Å²) in [5.41, 5.74) is 3.40. The van der Waals surface area contributed by atoms with Crippen molar-refractivity contribution in [3.05, 3.63) is 52.1 Å². The molecule has 1 aliphatic rings. The number of hydrogen-bond donors (Lipinski definition) is 1. The maximum absolute atomic E-state index is 5.69. The summed E-state index contributed by atoms with van der Waals surface area (Å²) < 4.78 is 10.2. The minimum Gasteiger partial charge on any atom is -0.494 e. The van der Waals surface area contributed by atoms with Crippen molar-refractivity contribution >= 4 is 18.0 Å². The van der Waals surface area contributed by atoms with E-state index in [1.165, 1.54) is 23.3 Å². The Hall–Kier alpha value is -2.25. The van der Waals surface area contributed by atoms with Crippen molar-refractivity contribution in [3.8, 4) is 5.75 Å². The minimum absolute atomic E-state index is 0.461. The van der Waals surface area contributed by atoms with Crippen molar-refractivity contribution < 1.29 is 9.64 Å². The van der Waals surface area contributed by atoms with E-state index in [4.69, 9.17) is 17.0 Å². The van der Waals surface area contributed by atoms with E-state index in [0.717, 1.165) is 35.1 Å². The van der Waals surface area contributed by atoms with Gasteiger partial charge in [-0.15, -0.1) is 5.10 Å². The van der Waals surface area contributed by atoms with Gasteiger partial charge in [-0.05, 0) is 63.3 Å². The molecule has 3 aromatic rings. The van der Waals surface area contributed by atoms with Crippen molar-refractivity contribution in [2.45, 2.75) is 46.3 Å². The van der Waals surface area contributed by atoms with Crippen LogP contribution in [-0.4, -0.2) is 32.3 Å². The van der Waals surface area contributed by atoms with E-state index in [2.05, 4.69) is 41.3 Å². The molecule has 6 nitrogen and oxygen atoms in total. The second-order valence-electron chi connectivity index (χ2n) is 7.22. The van der Waals surface area contributed by atoms with Crippen molar-refractivity contribution in [3.63, 3.8) is 0 Å². The van der Waals surface area contributed by atoms with Gasteiger partial charge in [-0.1, -0.05) is 0 Å². The highest BCUT2D eigenvalue weighted by atomic mass is 32.1. The van der Waals surface area contributed by atoms with Crippen LogP contribution >= 0.6 is 12.2 Å². The SMILES string of the molecule is CCOc1ccc([C@@H]2CCC[NH+]2Cn2nc3nc(C)cc(C)n3c2=S)cc1. The van der Waals surface area contributed by atoms with E-state index in [9.17, 15) is 0 Å². The maximum atomic E-state index is 5.69. The molecule has 1 N–H and O–H groups in total. The first-order valence-corrected chi connectivity index (χ1v) is 9.99. The average molecular weight is 385 g/mol. The Morgan fingerprint density at radius 2 is 2.04 bits per heavy atom. The van der Waals surface area contributed by atoms with Crippen LogP contribution in [0.2, 0.25) is 0 Å². The Labute approximate surface area is 164 Å². The van der Waals surface area contributed by atoms with Gasteiger partial charge in [-0.25, -0.2) is 4.98 Å². The Bertz CT molecular complexity index is 1010. The standard InChI is InChI=1S/C20H25N5OS/c1-4-26-17-9-7-16(8-10-17)18-6-5-11-23(18)13-24-20(27)25-15(3)12-14(2)21-19(25)22-24/h7-10,12,18H,4-6,11,13H2,1-3H3/p+1/t18-/m0/s1. The molecular weight excluding hydrogens is 358 g/mol. The Balaban J connectivity index is 1.60. The zero-order chi connectivity index (χ0) is 19.0. The molecule has 0 bridgehead atoms. The Morgan fingerprint density at radius 3 is 2.78 bits per heavy atom. The molecule has 0 saturated carbocycles. The maximum Gasteiger partial charge on any atom is 0.254 e. The first-order chi connectivity index (χ1) is 13.1. The molecule has 27 heavy (non-hydrogen) atoms. The molecule has 1 saturated heterocycles. The van der Waals surface area contributed by atoms with E-state index >= 15 is 0 Å². The van der Waals surface area contributed by atoms with Crippen LogP contribution in [0.3, 0.4) is 0 Å². The quantitative estimate of drug-likeness (QED) is 0.687. The van der Waals surface area contributed by atoms with Gasteiger partial charge in [-0.2, -0.15) is 4.68 Å². The number of nitrogens with zero attached hydrogens (tertiary/aromatic N) is 4. The predicted octanol–water partition coefficient (Wildman–Crippen LogP) is 2.65. The fraction of sp³-hybridized carbons (Fsp3) is 0.450. The molecular formula is C20H26N5OS+. The molecule has 4 rings (SSSR count). The van der Waals surface area contributed by atoms with Crippen molar-refractivity contribution in [2.24, 2.45) is 0 Å². The summed E-state index contributed by atoms with van der Waals surface area (Å²) in [6, 6.07) is 11.0. The average Bonchev–Trinajstić information content (AvgIpc) is 3.21. The van der Waals surface area contributed by atoms with Crippen LogP contribution in [0.1, 0.15) is 42.8 Å². The van der Waals surface area contributed by atoms with Gasteiger partial charge in [0.2, 0.25) is 4.77 Å². The highest BCUT2D eigenvalue weighted by molar-refractivity contribution is 7.71. The molecule has 2 aromatic heterocycles. The number of ether oxygens (including phenoxy) is 1. The van der Waals surface area contributed by atoms with E-state index in [1.54, 1.807) is 0 Å². The first kappa shape index (κ1) is 18.1. The molecule has 0 radical (unpaired) electrons. The van der Waals surface area contributed by atoms with Gasteiger partial charge in [0.1, 0.15) is 11.8 Å². The fourth-order valence-corrected chi connectivity index (χ4v) is 4.43. The first-order valence-electron chi connectivity index (χ1n) is 9.58. The normalized spacial score (nSPS) is 19.7. The molecule has 1 fully saturated rings. The van der Waals surface area contributed by atoms with Crippen LogP contribution in [0.4, 0.5) is 0 Å².